The SMILES string of the molecule is C=CCC(CC=C)c1ccc(F)cc1OCc1ccccc1. The van der Waals surface area contributed by atoms with Crippen molar-refractivity contribution in [1.29, 1.82) is 0 Å². The second kappa shape index (κ2) is 8.18. The molecule has 0 saturated carbocycles. The highest BCUT2D eigenvalue weighted by Crippen LogP contribution is 2.33. The van der Waals surface area contributed by atoms with Crippen LogP contribution in [0.5, 0.6) is 5.75 Å². The predicted molar refractivity (Wildman–Crippen MR) is 89.5 cm³/mol. The van der Waals surface area contributed by atoms with Crippen molar-refractivity contribution in [3.05, 3.63) is 90.8 Å². The van der Waals surface area contributed by atoms with Crippen LogP contribution in [0.2, 0.25) is 0 Å². The summed E-state index contributed by atoms with van der Waals surface area (Å²) in [6.07, 6.45) is 5.36. The van der Waals surface area contributed by atoms with Crippen molar-refractivity contribution in [2.24, 2.45) is 0 Å². The zero-order valence-electron chi connectivity index (χ0n) is 12.7. The van der Waals surface area contributed by atoms with Crippen molar-refractivity contribution in [1.82, 2.24) is 0 Å². The molecule has 2 aromatic rings. The van der Waals surface area contributed by atoms with Crippen LogP contribution in [-0.2, 0) is 6.61 Å². The first-order valence-corrected chi connectivity index (χ1v) is 7.42. The fourth-order valence-corrected chi connectivity index (χ4v) is 2.46. The van der Waals surface area contributed by atoms with Gasteiger partial charge in [-0.15, -0.1) is 13.2 Å². The summed E-state index contributed by atoms with van der Waals surface area (Å²) >= 11 is 0. The molecule has 114 valence electrons. The van der Waals surface area contributed by atoms with Crippen LogP contribution in [-0.4, -0.2) is 0 Å². The lowest BCUT2D eigenvalue weighted by atomic mass is 9.91. The molecule has 0 fully saturated rings. The van der Waals surface area contributed by atoms with Gasteiger partial charge in [0, 0.05) is 6.07 Å². The second-order valence-corrected chi connectivity index (χ2v) is 5.20. The number of allylic oxidation sites excluding steroid dienone is 2. The fourth-order valence-electron chi connectivity index (χ4n) is 2.46. The molecule has 2 heteroatoms. The van der Waals surface area contributed by atoms with Gasteiger partial charge in [-0.3, -0.25) is 0 Å². The number of ether oxygens (including phenoxy) is 1. The van der Waals surface area contributed by atoms with Crippen molar-refractivity contribution in [2.45, 2.75) is 25.4 Å². The first kappa shape index (κ1) is 16.0. The minimum Gasteiger partial charge on any atom is -0.489 e. The predicted octanol–water partition coefficient (Wildman–Crippen LogP) is 5.64. The average molecular weight is 296 g/mol. The molecule has 2 rings (SSSR count). The molecule has 1 nitrogen and oxygen atoms in total. The van der Waals surface area contributed by atoms with Gasteiger partial charge in [-0.2, -0.15) is 0 Å². The van der Waals surface area contributed by atoms with E-state index in [1.165, 1.54) is 12.1 Å². The molecule has 0 aliphatic carbocycles. The van der Waals surface area contributed by atoms with Crippen LogP contribution in [0.1, 0.15) is 29.9 Å². The molecule has 0 atom stereocenters. The highest BCUT2D eigenvalue weighted by Gasteiger charge is 2.15. The normalized spacial score (nSPS) is 10.5. The largest absolute Gasteiger partial charge is 0.489 e. The third-order valence-electron chi connectivity index (χ3n) is 3.55. The molecule has 0 aromatic heterocycles. The Morgan fingerprint density at radius 3 is 2.32 bits per heavy atom. The van der Waals surface area contributed by atoms with Crippen molar-refractivity contribution in [3.8, 4) is 5.75 Å². The molecule has 0 saturated heterocycles. The Bertz CT molecular complexity index is 609. The number of halogens is 1. The van der Waals surface area contributed by atoms with Gasteiger partial charge in [0.2, 0.25) is 0 Å². The summed E-state index contributed by atoms with van der Waals surface area (Å²) in [4.78, 5) is 0. The Morgan fingerprint density at radius 2 is 1.68 bits per heavy atom. The number of hydrogen-bond acceptors (Lipinski definition) is 1. The molecule has 0 spiro atoms. The highest BCUT2D eigenvalue weighted by molar-refractivity contribution is 5.38. The molecule has 22 heavy (non-hydrogen) atoms. The number of benzene rings is 2. The van der Waals surface area contributed by atoms with Gasteiger partial charge >= 0.3 is 0 Å². The summed E-state index contributed by atoms with van der Waals surface area (Å²) in [5, 5.41) is 0. The van der Waals surface area contributed by atoms with E-state index in [0.29, 0.717) is 12.4 Å². The van der Waals surface area contributed by atoms with Gasteiger partial charge in [0.25, 0.3) is 0 Å². The minimum absolute atomic E-state index is 0.210. The van der Waals surface area contributed by atoms with Gasteiger partial charge in [-0.1, -0.05) is 48.6 Å². The molecule has 0 amide bonds. The third-order valence-corrected chi connectivity index (χ3v) is 3.55. The van der Waals surface area contributed by atoms with E-state index in [-0.39, 0.29) is 11.7 Å². The van der Waals surface area contributed by atoms with E-state index in [1.54, 1.807) is 6.07 Å². The van der Waals surface area contributed by atoms with Crippen LogP contribution >= 0.6 is 0 Å². The quantitative estimate of drug-likeness (QED) is 0.573. The van der Waals surface area contributed by atoms with Crippen LogP contribution < -0.4 is 4.74 Å². The van der Waals surface area contributed by atoms with Crippen molar-refractivity contribution in [3.63, 3.8) is 0 Å². The van der Waals surface area contributed by atoms with Gasteiger partial charge < -0.3 is 4.74 Å². The van der Waals surface area contributed by atoms with Gasteiger partial charge in [0.15, 0.2) is 0 Å². The Kier molecular flexibility index (Phi) is 5.96. The van der Waals surface area contributed by atoms with Crippen LogP contribution in [0, 0.1) is 5.82 Å². The third kappa shape index (κ3) is 4.32. The zero-order valence-corrected chi connectivity index (χ0v) is 12.7. The fraction of sp³-hybridized carbons (Fsp3) is 0.200. The van der Waals surface area contributed by atoms with Crippen molar-refractivity contribution < 1.29 is 9.13 Å². The summed E-state index contributed by atoms with van der Waals surface area (Å²) < 4.78 is 19.5. The molecule has 2 aromatic carbocycles. The summed E-state index contributed by atoms with van der Waals surface area (Å²) in [6.45, 7) is 8.02. The summed E-state index contributed by atoms with van der Waals surface area (Å²) in [6, 6.07) is 14.6. The summed E-state index contributed by atoms with van der Waals surface area (Å²) in [7, 11) is 0. The Balaban J connectivity index is 2.22. The van der Waals surface area contributed by atoms with Crippen LogP contribution in [0.25, 0.3) is 0 Å². The lowest BCUT2D eigenvalue weighted by molar-refractivity contribution is 0.299. The molecular formula is C20H21FO. The van der Waals surface area contributed by atoms with Gasteiger partial charge in [-0.25, -0.2) is 4.39 Å². The maximum Gasteiger partial charge on any atom is 0.126 e. The lowest BCUT2D eigenvalue weighted by Gasteiger charge is -2.18. The lowest BCUT2D eigenvalue weighted by Crippen LogP contribution is -2.03. The van der Waals surface area contributed by atoms with Crippen molar-refractivity contribution in [2.75, 3.05) is 0 Å². The molecule has 0 N–H and O–H groups in total. The maximum absolute atomic E-state index is 13.6. The molecule has 0 aliphatic rings. The van der Waals surface area contributed by atoms with Crippen LogP contribution in [0.15, 0.2) is 73.8 Å². The molecule has 0 aliphatic heterocycles. The van der Waals surface area contributed by atoms with Gasteiger partial charge in [0.05, 0.1) is 0 Å². The molecule has 0 heterocycles. The smallest absolute Gasteiger partial charge is 0.126 e. The maximum atomic E-state index is 13.6. The monoisotopic (exact) mass is 296 g/mol. The van der Waals surface area contributed by atoms with E-state index in [0.717, 1.165) is 24.0 Å². The minimum atomic E-state index is -0.289. The summed E-state index contributed by atoms with van der Waals surface area (Å²) in [5.74, 6) is 0.515. The second-order valence-electron chi connectivity index (χ2n) is 5.20. The van der Waals surface area contributed by atoms with E-state index in [4.69, 9.17) is 4.74 Å². The van der Waals surface area contributed by atoms with E-state index < -0.39 is 0 Å². The molecule has 0 bridgehead atoms. The van der Waals surface area contributed by atoms with Gasteiger partial charge in [-0.05, 0) is 36.0 Å². The standard InChI is InChI=1S/C20H21FO/c1-3-8-17(9-4-2)19-13-12-18(21)14-20(19)22-15-16-10-6-5-7-11-16/h3-7,10-14,17H,1-2,8-9,15H2. The van der Waals surface area contributed by atoms with Crippen LogP contribution in [0.4, 0.5) is 4.39 Å². The van der Waals surface area contributed by atoms with Gasteiger partial charge in [0.1, 0.15) is 18.2 Å². The molecular weight excluding hydrogens is 275 g/mol. The first-order chi connectivity index (χ1) is 10.7. The Hall–Kier alpha value is -2.35. The van der Waals surface area contributed by atoms with E-state index >= 15 is 0 Å². The first-order valence-electron chi connectivity index (χ1n) is 7.42. The van der Waals surface area contributed by atoms with Crippen molar-refractivity contribution >= 4 is 0 Å². The number of hydrogen-bond donors (Lipinski definition) is 0. The molecule has 0 unspecified atom stereocenters. The topological polar surface area (TPSA) is 9.23 Å². The molecule has 0 radical (unpaired) electrons. The van der Waals surface area contributed by atoms with E-state index in [1.807, 2.05) is 42.5 Å². The van der Waals surface area contributed by atoms with Crippen LogP contribution in [0.3, 0.4) is 0 Å². The Labute approximate surface area is 131 Å². The van der Waals surface area contributed by atoms with E-state index in [9.17, 15) is 4.39 Å². The Morgan fingerprint density at radius 1 is 1.00 bits per heavy atom. The van der Waals surface area contributed by atoms with E-state index in [2.05, 4.69) is 13.2 Å². The number of rotatable bonds is 8. The highest BCUT2D eigenvalue weighted by atomic mass is 19.1. The zero-order chi connectivity index (χ0) is 15.8. The average Bonchev–Trinajstić information content (AvgIpc) is 2.54. The summed E-state index contributed by atoms with van der Waals surface area (Å²) in [5.41, 5.74) is 2.05.